The van der Waals surface area contributed by atoms with Gasteiger partial charge in [-0.25, -0.2) is 4.99 Å². The summed E-state index contributed by atoms with van der Waals surface area (Å²) in [6, 6.07) is 0. The number of hydrogen-bond donors (Lipinski definition) is 0. The Morgan fingerprint density at radius 3 is 3.08 bits per heavy atom. The van der Waals surface area contributed by atoms with Crippen molar-refractivity contribution in [3.8, 4) is 0 Å². The molecule has 1 aliphatic rings. The van der Waals surface area contributed by atoms with E-state index in [0.29, 0.717) is 0 Å². The van der Waals surface area contributed by atoms with E-state index in [2.05, 4.69) is 24.1 Å². The predicted octanol–water partition coefficient (Wildman–Crippen LogP) is 2.71. The molecule has 0 aromatic heterocycles. The molecule has 0 atom stereocenters. The first kappa shape index (κ1) is 9.78. The Labute approximate surface area is 80.0 Å². The van der Waals surface area contributed by atoms with Crippen molar-refractivity contribution in [2.45, 2.75) is 19.8 Å². The molecule has 0 unspecified atom stereocenters. The molecule has 0 radical (unpaired) electrons. The van der Waals surface area contributed by atoms with Gasteiger partial charge in [0.05, 0.1) is 0 Å². The van der Waals surface area contributed by atoms with Gasteiger partial charge >= 0.3 is 0 Å². The quantitative estimate of drug-likeness (QED) is 0.645. The van der Waals surface area contributed by atoms with E-state index >= 15 is 0 Å². The number of nitrogens with zero attached hydrogens (tertiary/aromatic N) is 2. The topological polar surface area (TPSA) is 15.6 Å². The normalized spacial score (nSPS) is 19.2. The SMILES string of the molecule is CCCC=CC=C1N=CC=CN1C. The first-order valence-corrected chi connectivity index (χ1v) is 4.65. The monoisotopic (exact) mass is 176 g/mol. The van der Waals surface area contributed by atoms with Gasteiger partial charge in [0.2, 0.25) is 0 Å². The molecule has 1 aliphatic heterocycles. The van der Waals surface area contributed by atoms with Gasteiger partial charge in [-0.3, -0.25) is 0 Å². The number of hydrogen-bond acceptors (Lipinski definition) is 2. The standard InChI is InChI=1S/C11H16N2/c1-3-4-5-6-8-11-12-9-7-10-13(11)2/h5-10H,3-4H2,1-2H3. The maximum atomic E-state index is 4.23. The highest BCUT2D eigenvalue weighted by Crippen LogP contribution is 2.07. The molecule has 1 heterocycles. The molecule has 0 fully saturated rings. The molecule has 2 heteroatoms. The zero-order chi connectivity index (χ0) is 9.52. The van der Waals surface area contributed by atoms with Crippen molar-refractivity contribution < 1.29 is 0 Å². The van der Waals surface area contributed by atoms with Crippen LogP contribution >= 0.6 is 0 Å². The van der Waals surface area contributed by atoms with Crippen LogP contribution in [0, 0.1) is 0 Å². The van der Waals surface area contributed by atoms with Gasteiger partial charge in [-0.05, 0) is 18.6 Å². The summed E-state index contributed by atoms with van der Waals surface area (Å²) in [4.78, 5) is 6.23. The first-order valence-electron chi connectivity index (χ1n) is 4.65. The van der Waals surface area contributed by atoms with Gasteiger partial charge < -0.3 is 4.90 Å². The fourth-order valence-corrected chi connectivity index (χ4v) is 1.03. The predicted molar refractivity (Wildman–Crippen MR) is 57.5 cm³/mol. The highest BCUT2D eigenvalue weighted by Gasteiger charge is 1.98. The maximum Gasteiger partial charge on any atom is 0.132 e. The van der Waals surface area contributed by atoms with Crippen molar-refractivity contribution in [2.75, 3.05) is 7.05 Å². The molecule has 0 spiro atoms. The van der Waals surface area contributed by atoms with Crippen molar-refractivity contribution in [2.24, 2.45) is 4.99 Å². The van der Waals surface area contributed by atoms with Crippen LogP contribution in [0.2, 0.25) is 0 Å². The zero-order valence-corrected chi connectivity index (χ0v) is 8.27. The smallest absolute Gasteiger partial charge is 0.132 e. The van der Waals surface area contributed by atoms with E-state index in [1.54, 1.807) is 6.21 Å². The summed E-state index contributed by atoms with van der Waals surface area (Å²) in [5.41, 5.74) is 0. The maximum absolute atomic E-state index is 4.23. The third-order valence-electron chi connectivity index (χ3n) is 1.80. The summed E-state index contributed by atoms with van der Waals surface area (Å²) in [6.45, 7) is 2.17. The van der Waals surface area contributed by atoms with E-state index in [1.165, 1.54) is 6.42 Å². The fraction of sp³-hybridized carbons (Fsp3) is 0.364. The van der Waals surface area contributed by atoms with E-state index < -0.39 is 0 Å². The van der Waals surface area contributed by atoms with Crippen LogP contribution in [0.1, 0.15) is 19.8 Å². The van der Waals surface area contributed by atoms with Gasteiger partial charge in [0.25, 0.3) is 0 Å². The molecular weight excluding hydrogens is 160 g/mol. The third kappa shape index (κ3) is 3.28. The second kappa shape index (κ2) is 5.36. The van der Waals surface area contributed by atoms with E-state index in [4.69, 9.17) is 0 Å². The molecule has 2 nitrogen and oxygen atoms in total. The molecule has 70 valence electrons. The molecular formula is C11H16N2. The molecule has 1 rings (SSSR count). The van der Waals surface area contributed by atoms with E-state index in [0.717, 1.165) is 12.2 Å². The first-order chi connectivity index (χ1) is 6.34. The van der Waals surface area contributed by atoms with Crippen molar-refractivity contribution in [1.82, 2.24) is 4.90 Å². The third-order valence-corrected chi connectivity index (χ3v) is 1.80. The van der Waals surface area contributed by atoms with Crippen LogP contribution in [0.3, 0.4) is 0 Å². The number of unbranched alkanes of at least 4 members (excludes halogenated alkanes) is 1. The van der Waals surface area contributed by atoms with E-state index in [1.807, 2.05) is 30.3 Å². The molecule has 0 saturated heterocycles. The molecule has 0 aliphatic carbocycles. The summed E-state index contributed by atoms with van der Waals surface area (Å²) in [5.74, 6) is 0.981. The molecule has 0 bridgehead atoms. The highest BCUT2D eigenvalue weighted by atomic mass is 15.2. The largest absolute Gasteiger partial charge is 0.336 e. The van der Waals surface area contributed by atoms with Crippen LogP contribution in [-0.4, -0.2) is 18.2 Å². The average Bonchev–Trinajstić information content (AvgIpc) is 2.15. The van der Waals surface area contributed by atoms with Gasteiger partial charge in [0.1, 0.15) is 5.82 Å². The summed E-state index contributed by atoms with van der Waals surface area (Å²) < 4.78 is 0. The second-order valence-corrected chi connectivity index (χ2v) is 2.97. The highest BCUT2D eigenvalue weighted by molar-refractivity contribution is 5.73. The van der Waals surface area contributed by atoms with Gasteiger partial charge in [-0.2, -0.15) is 0 Å². The van der Waals surface area contributed by atoms with E-state index in [9.17, 15) is 0 Å². The summed E-state index contributed by atoms with van der Waals surface area (Å²) >= 11 is 0. The van der Waals surface area contributed by atoms with Crippen LogP contribution in [0.25, 0.3) is 0 Å². The van der Waals surface area contributed by atoms with Crippen LogP contribution in [0.5, 0.6) is 0 Å². The van der Waals surface area contributed by atoms with Crippen LogP contribution in [-0.2, 0) is 0 Å². The number of rotatable bonds is 3. The Kier molecular flexibility index (Phi) is 4.03. The Balaban J connectivity index is 2.51. The lowest BCUT2D eigenvalue weighted by Crippen LogP contribution is -2.10. The Morgan fingerprint density at radius 2 is 2.38 bits per heavy atom. The lowest BCUT2D eigenvalue weighted by molar-refractivity contribution is 0.559. The lowest BCUT2D eigenvalue weighted by Gasteiger charge is -2.15. The summed E-state index contributed by atoms with van der Waals surface area (Å²) in [5, 5.41) is 0. The van der Waals surface area contributed by atoms with Gasteiger partial charge in [-0.15, -0.1) is 0 Å². The average molecular weight is 176 g/mol. The molecule has 0 aromatic carbocycles. The molecule has 0 N–H and O–H groups in total. The van der Waals surface area contributed by atoms with Crippen LogP contribution < -0.4 is 0 Å². The number of aliphatic imine (C=N–C) groups is 1. The Hall–Kier alpha value is -1.31. The Morgan fingerprint density at radius 1 is 1.54 bits per heavy atom. The summed E-state index contributed by atoms with van der Waals surface area (Å²) in [6.07, 6.45) is 14.3. The zero-order valence-electron chi connectivity index (χ0n) is 8.27. The van der Waals surface area contributed by atoms with Crippen LogP contribution in [0.15, 0.2) is 41.3 Å². The van der Waals surface area contributed by atoms with Crippen molar-refractivity contribution >= 4 is 6.21 Å². The minimum atomic E-state index is 0.981. The van der Waals surface area contributed by atoms with Crippen molar-refractivity contribution in [3.63, 3.8) is 0 Å². The Bertz CT molecular complexity index is 259. The minimum Gasteiger partial charge on any atom is -0.336 e. The van der Waals surface area contributed by atoms with E-state index in [-0.39, 0.29) is 0 Å². The molecule has 0 aromatic rings. The summed E-state index contributed by atoms with van der Waals surface area (Å²) in [7, 11) is 1.99. The van der Waals surface area contributed by atoms with Gasteiger partial charge in [0, 0.05) is 19.5 Å². The van der Waals surface area contributed by atoms with Crippen molar-refractivity contribution in [3.05, 3.63) is 36.3 Å². The minimum absolute atomic E-state index is 0.981. The number of allylic oxidation sites excluding steroid dienone is 4. The van der Waals surface area contributed by atoms with Gasteiger partial charge in [0.15, 0.2) is 0 Å². The second-order valence-electron chi connectivity index (χ2n) is 2.97. The van der Waals surface area contributed by atoms with Crippen LogP contribution in [0.4, 0.5) is 0 Å². The van der Waals surface area contributed by atoms with Crippen molar-refractivity contribution in [1.29, 1.82) is 0 Å². The van der Waals surface area contributed by atoms with Gasteiger partial charge in [-0.1, -0.05) is 25.5 Å². The fourth-order valence-electron chi connectivity index (χ4n) is 1.03. The molecule has 13 heavy (non-hydrogen) atoms. The molecule has 0 saturated carbocycles. The lowest BCUT2D eigenvalue weighted by atomic mass is 10.3. The molecule has 0 amide bonds.